The zero-order valence-electron chi connectivity index (χ0n) is 17.0. The molecule has 0 aromatic heterocycles. The number of thioether (sulfide) groups is 1. The van der Waals surface area contributed by atoms with E-state index in [-0.39, 0.29) is 23.4 Å². The maximum Gasteiger partial charge on any atom is 0.306 e. The Morgan fingerprint density at radius 1 is 1.04 bits per heavy atom. The highest BCUT2D eigenvalue weighted by Gasteiger charge is 2.26. The Kier molecular flexibility index (Phi) is 8.48. The summed E-state index contributed by atoms with van der Waals surface area (Å²) in [7, 11) is 0. The van der Waals surface area contributed by atoms with Gasteiger partial charge in [0.1, 0.15) is 12.4 Å². The van der Waals surface area contributed by atoms with Gasteiger partial charge in [-0.15, -0.1) is 0 Å². The maximum atomic E-state index is 11.9. The Labute approximate surface area is 162 Å². The summed E-state index contributed by atoms with van der Waals surface area (Å²) < 4.78 is 5.24. The predicted molar refractivity (Wildman–Crippen MR) is 109 cm³/mol. The second-order valence-corrected chi connectivity index (χ2v) is 9.82. The highest BCUT2D eigenvalue weighted by Crippen LogP contribution is 2.39. The molecule has 26 heavy (non-hydrogen) atoms. The first kappa shape index (κ1) is 22.8. The maximum absolute atomic E-state index is 11.9. The number of carbonyl (C=O) groups is 1. The standard InChI is InChI=1S/C21H34O4S/c1-20(2,3)16-13-15(14-17(19(16)24)21(4,5)6)7-8-18(23)25-10-12-26-11-9-22/h13-14,22,24H,7-12H2,1-6H3. The number of hydrogen-bond acceptors (Lipinski definition) is 5. The van der Waals surface area contributed by atoms with Crippen LogP contribution in [0, 0.1) is 0 Å². The van der Waals surface area contributed by atoms with Crippen LogP contribution in [0.5, 0.6) is 5.75 Å². The van der Waals surface area contributed by atoms with Crippen molar-refractivity contribution in [3.05, 3.63) is 28.8 Å². The number of esters is 1. The van der Waals surface area contributed by atoms with Gasteiger partial charge in [0.15, 0.2) is 0 Å². The number of rotatable bonds is 8. The van der Waals surface area contributed by atoms with Gasteiger partial charge in [-0.05, 0) is 33.9 Å². The molecule has 148 valence electrons. The zero-order valence-corrected chi connectivity index (χ0v) is 17.8. The predicted octanol–water partition coefficient (Wildman–Crippen LogP) is 4.19. The molecule has 5 heteroatoms. The topological polar surface area (TPSA) is 66.8 Å². The van der Waals surface area contributed by atoms with E-state index in [0.717, 1.165) is 16.7 Å². The molecule has 2 N–H and O–H groups in total. The first-order valence-electron chi connectivity index (χ1n) is 9.18. The summed E-state index contributed by atoms with van der Waals surface area (Å²) >= 11 is 1.57. The summed E-state index contributed by atoms with van der Waals surface area (Å²) in [6.07, 6.45) is 0.914. The van der Waals surface area contributed by atoms with E-state index in [1.165, 1.54) is 0 Å². The number of aliphatic hydroxyl groups is 1. The number of aliphatic hydroxyl groups excluding tert-OH is 1. The van der Waals surface area contributed by atoms with Crippen LogP contribution >= 0.6 is 11.8 Å². The molecule has 0 spiro atoms. The molecule has 1 aromatic rings. The lowest BCUT2D eigenvalue weighted by molar-refractivity contribution is -0.142. The molecule has 0 saturated heterocycles. The minimum Gasteiger partial charge on any atom is -0.507 e. The third kappa shape index (κ3) is 7.20. The number of phenols is 1. The smallest absolute Gasteiger partial charge is 0.306 e. The highest BCUT2D eigenvalue weighted by molar-refractivity contribution is 7.99. The summed E-state index contributed by atoms with van der Waals surface area (Å²) in [5, 5.41) is 19.5. The van der Waals surface area contributed by atoms with Crippen molar-refractivity contribution in [1.82, 2.24) is 0 Å². The highest BCUT2D eigenvalue weighted by atomic mass is 32.2. The lowest BCUT2D eigenvalue weighted by atomic mass is 9.78. The van der Waals surface area contributed by atoms with Crippen LogP contribution in [-0.4, -0.2) is 40.9 Å². The summed E-state index contributed by atoms with van der Waals surface area (Å²) in [6, 6.07) is 4.02. The molecule has 0 amide bonds. The van der Waals surface area contributed by atoms with Crippen LogP contribution in [0.15, 0.2) is 12.1 Å². The van der Waals surface area contributed by atoms with Crippen LogP contribution in [0.2, 0.25) is 0 Å². The normalized spacial score (nSPS) is 12.3. The Balaban J connectivity index is 2.82. The molecule has 0 heterocycles. The van der Waals surface area contributed by atoms with Gasteiger partial charge in [-0.2, -0.15) is 11.8 Å². The molecule has 0 saturated carbocycles. The Hall–Kier alpha value is -1.20. The minimum atomic E-state index is -0.211. The first-order valence-corrected chi connectivity index (χ1v) is 10.3. The van der Waals surface area contributed by atoms with Gasteiger partial charge in [0.2, 0.25) is 0 Å². The first-order chi connectivity index (χ1) is 12.0. The molecule has 0 fully saturated rings. The molecule has 0 radical (unpaired) electrons. The number of hydrogen-bond donors (Lipinski definition) is 2. The van der Waals surface area contributed by atoms with Crippen molar-refractivity contribution < 1.29 is 19.7 Å². The van der Waals surface area contributed by atoms with Crippen LogP contribution < -0.4 is 0 Å². The lowest BCUT2D eigenvalue weighted by Gasteiger charge is -2.28. The van der Waals surface area contributed by atoms with E-state index in [9.17, 15) is 9.90 Å². The fraction of sp³-hybridized carbons (Fsp3) is 0.667. The van der Waals surface area contributed by atoms with Crippen LogP contribution in [0.25, 0.3) is 0 Å². The second-order valence-electron chi connectivity index (χ2n) is 8.60. The van der Waals surface area contributed by atoms with Crippen molar-refractivity contribution in [3.63, 3.8) is 0 Å². The molecular weight excluding hydrogens is 348 g/mol. The Bertz CT molecular complexity index is 562. The lowest BCUT2D eigenvalue weighted by Crippen LogP contribution is -2.18. The van der Waals surface area contributed by atoms with E-state index >= 15 is 0 Å². The molecule has 0 aliphatic heterocycles. The van der Waals surface area contributed by atoms with Gasteiger partial charge < -0.3 is 14.9 Å². The molecule has 4 nitrogen and oxygen atoms in total. The number of aromatic hydroxyl groups is 1. The minimum absolute atomic E-state index is 0.145. The number of aryl methyl sites for hydroxylation is 1. The van der Waals surface area contributed by atoms with Gasteiger partial charge >= 0.3 is 5.97 Å². The number of phenolic OH excluding ortho intramolecular Hbond substituents is 1. The van der Waals surface area contributed by atoms with Crippen molar-refractivity contribution >= 4 is 17.7 Å². The van der Waals surface area contributed by atoms with Gasteiger partial charge in [-0.25, -0.2) is 0 Å². The van der Waals surface area contributed by atoms with Gasteiger partial charge in [0.05, 0.1) is 6.61 Å². The van der Waals surface area contributed by atoms with Gasteiger partial charge in [0, 0.05) is 17.9 Å². The monoisotopic (exact) mass is 382 g/mol. The van der Waals surface area contributed by atoms with Crippen LogP contribution in [-0.2, 0) is 26.8 Å². The molecule has 0 aliphatic carbocycles. The second kappa shape index (κ2) is 9.65. The van der Waals surface area contributed by atoms with Gasteiger partial charge in [-0.3, -0.25) is 4.79 Å². The Morgan fingerprint density at radius 3 is 2.04 bits per heavy atom. The van der Waals surface area contributed by atoms with Crippen molar-refractivity contribution in [1.29, 1.82) is 0 Å². The van der Waals surface area contributed by atoms with E-state index in [1.54, 1.807) is 11.8 Å². The summed E-state index contributed by atoms with van der Waals surface area (Å²) in [6.45, 7) is 13.0. The van der Waals surface area contributed by atoms with Crippen LogP contribution in [0.4, 0.5) is 0 Å². The van der Waals surface area contributed by atoms with Crippen LogP contribution in [0.1, 0.15) is 64.7 Å². The molecule has 1 aromatic carbocycles. The zero-order chi connectivity index (χ0) is 20.0. The summed E-state index contributed by atoms with van der Waals surface area (Å²) in [5.41, 5.74) is 2.52. The number of carbonyl (C=O) groups excluding carboxylic acids is 1. The Morgan fingerprint density at radius 2 is 1.58 bits per heavy atom. The van der Waals surface area contributed by atoms with E-state index in [1.807, 2.05) is 12.1 Å². The van der Waals surface area contributed by atoms with E-state index in [4.69, 9.17) is 9.84 Å². The number of benzene rings is 1. The third-order valence-corrected chi connectivity index (χ3v) is 5.06. The molecule has 0 unspecified atom stereocenters. The van der Waals surface area contributed by atoms with Gasteiger partial charge in [-0.1, -0.05) is 53.7 Å². The van der Waals surface area contributed by atoms with Crippen LogP contribution in [0.3, 0.4) is 0 Å². The van der Waals surface area contributed by atoms with Crippen molar-refractivity contribution in [2.24, 2.45) is 0 Å². The quantitative estimate of drug-likeness (QED) is 0.521. The van der Waals surface area contributed by atoms with E-state index in [2.05, 4.69) is 41.5 Å². The number of ether oxygens (including phenoxy) is 1. The van der Waals surface area contributed by atoms with Crippen molar-refractivity contribution in [2.75, 3.05) is 24.7 Å². The van der Waals surface area contributed by atoms with E-state index in [0.29, 0.717) is 36.7 Å². The average Bonchev–Trinajstić information content (AvgIpc) is 2.51. The molecule has 0 aliphatic rings. The third-order valence-electron chi connectivity index (χ3n) is 4.13. The van der Waals surface area contributed by atoms with Crippen molar-refractivity contribution in [2.45, 2.75) is 65.2 Å². The molecule has 0 bridgehead atoms. The molecular formula is C21H34O4S. The summed E-state index contributed by atoms with van der Waals surface area (Å²) in [4.78, 5) is 11.9. The fourth-order valence-corrected chi connectivity index (χ4v) is 3.22. The van der Waals surface area contributed by atoms with Gasteiger partial charge in [0.25, 0.3) is 0 Å². The summed E-state index contributed by atoms with van der Waals surface area (Å²) in [5.74, 6) is 1.51. The fourth-order valence-electron chi connectivity index (χ4n) is 2.68. The molecule has 0 atom stereocenters. The SMILES string of the molecule is CC(C)(C)c1cc(CCC(=O)OCCSCCO)cc(C(C)(C)C)c1O. The van der Waals surface area contributed by atoms with Crippen molar-refractivity contribution in [3.8, 4) is 5.75 Å². The molecule has 1 rings (SSSR count). The van der Waals surface area contributed by atoms with E-state index < -0.39 is 0 Å². The largest absolute Gasteiger partial charge is 0.507 e. The average molecular weight is 383 g/mol.